The molecule has 2 nitrogen and oxygen atoms in total. The Morgan fingerprint density at radius 2 is 2.17 bits per heavy atom. The molecule has 0 N–H and O–H groups in total. The second-order valence-electron chi connectivity index (χ2n) is 3.90. The first-order chi connectivity index (χ1) is 8.58. The molecule has 0 radical (unpaired) electrons. The fraction of sp³-hybridized carbons (Fsp3) is 0.154. The van der Waals surface area contributed by atoms with Gasteiger partial charge in [0.15, 0.2) is 0 Å². The second-order valence-corrected chi connectivity index (χ2v) is 7.35. The highest BCUT2D eigenvalue weighted by Crippen LogP contribution is 2.22. The van der Waals surface area contributed by atoms with Gasteiger partial charge in [0, 0.05) is 17.2 Å². The van der Waals surface area contributed by atoms with Gasteiger partial charge in [0.25, 0.3) is 5.91 Å². The van der Waals surface area contributed by atoms with Crippen LogP contribution < -0.4 is 0 Å². The van der Waals surface area contributed by atoms with Gasteiger partial charge in [-0.3, -0.25) is 4.79 Å². The average molecular weight is 436 g/mol. The quantitative estimate of drug-likeness (QED) is 0.655. The summed E-state index contributed by atoms with van der Waals surface area (Å²) in [4.78, 5) is 14.0. The maximum Gasteiger partial charge on any atom is 0.254 e. The van der Waals surface area contributed by atoms with Crippen LogP contribution in [-0.2, 0) is 6.54 Å². The maximum absolute atomic E-state index is 12.3. The molecule has 1 amide bonds. The van der Waals surface area contributed by atoms with Gasteiger partial charge in [-0.1, -0.05) is 12.1 Å². The van der Waals surface area contributed by atoms with Crippen LogP contribution >= 0.6 is 49.9 Å². The summed E-state index contributed by atoms with van der Waals surface area (Å²) in [6, 6.07) is 9.69. The molecular weight excluding hydrogens is 425 g/mol. The van der Waals surface area contributed by atoms with Crippen LogP contribution in [0.1, 0.15) is 15.9 Å². The van der Waals surface area contributed by atoms with Crippen molar-refractivity contribution in [3.63, 3.8) is 0 Å². The van der Waals surface area contributed by atoms with Crippen LogP contribution in [0.2, 0.25) is 0 Å². The lowest BCUT2D eigenvalue weighted by Crippen LogP contribution is -2.26. The maximum atomic E-state index is 12.3. The number of amides is 1. The second kappa shape index (κ2) is 6.16. The molecule has 1 heterocycles. The van der Waals surface area contributed by atoms with E-state index in [0.717, 1.165) is 18.5 Å². The van der Waals surface area contributed by atoms with Gasteiger partial charge in [-0.15, -0.1) is 11.3 Å². The van der Waals surface area contributed by atoms with E-state index in [4.69, 9.17) is 0 Å². The van der Waals surface area contributed by atoms with Gasteiger partial charge in [0.05, 0.1) is 9.35 Å². The number of nitrogens with zero attached hydrogens (tertiary/aromatic N) is 1. The number of hydrogen-bond donors (Lipinski definition) is 0. The first-order valence-corrected chi connectivity index (χ1v) is 8.06. The van der Waals surface area contributed by atoms with Crippen LogP contribution in [0.15, 0.2) is 39.5 Å². The van der Waals surface area contributed by atoms with E-state index in [9.17, 15) is 4.79 Å². The topological polar surface area (TPSA) is 20.3 Å². The predicted molar refractivity (Wildman–Crippen MR) is 87.0 cm³/mol. The van der Waals surface area contributed by atoms with Crippen molar-refractivity contribution in [2.45, 2.75) is 6.54 Å². The number of carbonyl (C=O) groups is 1. The summed E-state index contributed by atoms with van der Waals surface area (Å²) in [5.74, 6) is 0.0577. The number of carbonyl (C=O) groups excluding carboxylic acids is 1. The van der Waals surface area contributed by atoms with Crippen molar-refractivity contribution >= 4 is 55.8 Å². The number of benzene rings is 1. The van der Waals surface area contributed by atoms with E-state index in [1.165, 1.54) is 0 Å². The van der Waals surface area contributed by atoms with Crippen molar-refractivity contribution in [3.8, 4) is 0 Å². The molecule has 0 aliphatic heterocycles. The molecule has 0 bridgehead atoms. The van der Waals surface area contributed by atoms with Crippen LogP contribution in [0.4, 0.5) is 0 Å². The molecule has 1 aromatic carbocycles. The fourth-order valence-electron chi connectivity index (χ4n) is 1.61. The third kappa shape index (κ3) is 3.33. The molecule has 0 atom stereocenters. The van der Waals surface area contributed by atoms with Crippen LogP contribution in [0.5, 0.6) is 0 Å². The van der Waals surface area contributed by atoms with Crippen LogP contribution in [0.3, 0.4) is 0 Å². The van der Waals surface area contributed by atoms with Crippen LogP contribution in [-0.4, -0.2) is 17.9 Å². The average Bonchev–Trinajstić information content (AvgIpc) is 2.74. The van der Waals surface area contributed by atoms with Gasteiger partial charge in [0.1, 0.15) is 0 Å². The highest BCUT2D eigenvalue weighted by atomic mass is 127. The minimum Gasteiger partial charge on any atom is -0.337 e. The molecule has 18 heavy (non-hydrogen) atoms. The Balaban J connectivity index is 2.12. The van der Waals surface area contributed by atoms with Crippen molar-refractivity contribution in [2.24, 2.45) is 0 Å². The largest absolute Gasteiger partial charge is 0.337 e. The molecule has 5 heteroatoms. The molecule has 2 aromatic rings. The smallest absolute Gasteiger partial charge is 0.254 e. The minimum absolute atomic E-state index is 0.0577. The van der Waals surface area contributed by atoms with Gasteiger partial charge in [0.2, 0.25) is 0 Å². The lowest BCUT2D eigenvalue weighted by Gasteiger charge is -2.17. The van der Waals surface area contributed by atoms with Gasteiger partial charge >= 0.3 is 0 Å². The normalized spacial score (nSPS) is 10.4. The standard InChI is InChI=1S/C13H11BrINOS/c1-16(7-9-6-12(14)18-8-9)13(17)10-4-2-3-5-11(10)15/h2-6,8H,7H2,1H3. The number of halogens is 2. The molecule has 0 spiro atoms. The van der Waals surface area contributed by atoms with Crippen LogP contribution in [0.25, 0.3) is 0 Å². The summed E-state index contributed by atoms with van der Waals surface area (Å²) in [5, 5.41) is 2.06. The Hall–Kier alpha value is -0.400. The van der Waals surface area contributed by atoms with Crippen LogP contribution in [0, 0.1) is 3.57 Å². The Morgan fingerprint density at radius 1 is 1.44 bits per heavy atom. The lowest BCUT2D eigenvalue weighted by molar-refractivity contribution is 0.0784. The van der Waals surface area contributed by atoms with Crippen molar-refractivity contribution in [1.29, 1.82) is 0 Å². The minimum atomic E-state index is 0.0577. The fourth-order valence-corrected chi connectivity index (χ4v) is 3.43. The third-order valence-electron chi connectivity index (χ3n) is 2.49. The Kier molecular flexibility index (Phi) is 4.80. The number of rotatable bonds is 3. The van der Waals surface area contributed by atoms with E-state index in [1.807, 2.05) is 37.4 Å². The molecule has 0 unspecified atom stereocenters. The Labute approximate surface area is 132 Å². The van der Waals surface area contributed by atoms with E-state index in [-0.39, 0.29) is 5.91 Å². The summed E-state index contributed by atoms with van der Waals surface area (Å²) in [7, 11) is 1.83. The molecule has 1 aromatic heterocycles. The molecule has 0 saturated carbocycles. The van der Waals surface area contributed by atoms with Crippen molar-refractivity contribution in [1.82, 2.24) is 4.90 Å². The Bertz CT molecular complexity index is 570. The first-order valence-electron chi connectivity index (χ1n) is 5.31. The van der Waals surface area contributed by atoms with Crippen molar-refractivity contribution in [3.05, 3.63) is 54.2 Å². The summed E-state index contributed by atoms with van der Waals surface area (Å²) in [6.45, 7) is 0.631. The third-order valence-corrected chi connectivity index (χ3v) is 4.99. The predicted octanol–water partition coefficient (Wildman–Crippen LogP) is 4.39. The molecule has 94 valence electrons. The highest BCUT2D eigenvalue weighted by Gasteiger charge is 2.14. The highest BCUT2D eigenvalue weighted by molar-refractivity contribution is 14.1. The monoisotopic (exact) mass is 435 g/mol. The molecule has 2 rings (SSSR count). The molecule has 0 aliphatic carbocycles. The summed E-state index contributed by atoms with van der Waals surface area (Å²) >= 11 is 7.25. The SMILES string of the molecule is CN(Cc1csc(Br)c1)C(=O)c1ccccc1I. The summed E-state index contributed by atoms with van der Waals surface area (Å²) < 4.78 is 2.08. The van der Waals surface area contributed by atoms with E-state index in [2.05, 4.69) is 43.9 Å². The van der Waals surface area contributed by atoms with Gasteiger partial charge in [-0.25, -0.2) is 0 Å². The zero-order valence-electron chi connectivity index (χ0n) is 9.69. The molecule has 0 fully saturated rings. The number of thiophene rings is 1. The zero-order valence-corrected chi connectivity index (χ0v) is 14.3. The van der Waals surface area contributed by atoms with Gasteiger partial charge < -0.3 is 4.90 Å². The Morgan fingerprint density at radius 3 is 2.78 bits per heavy atom. The van der Waals surface area contributed by atoms with E-state index >= 15 is 0 Å². The first kappa shape index (κ1) is 14.0. The van der Waals surface area contributed by atoms with Crippen molar-refractivity contribution in [2.75, 3.05) is 7.05 Å². The summed E-state index contributed by atoms with van der Waals surface area (Å²) in [5.41, 5.74) is 1.91. The van der Waals surface area contributed by atoms with E-state index in [1.54, 1.807) is 16.2 Å². The zero-order chi connectivity index (χ0) is 13.1. The lowest BCUT2D eigenvalue weighted by atomic mass is 10.2. The number of hydrogen-bond acceptors (Lipinski definition) is 2. The molecule has 0 saturated heterocycles. The molecular formula is C13H11BrINOS. The summed E-state index contributed by atoms with van der Waals surface area (Å²) in [6.07, 6.45) is 0. The molecule has 0 aliphatic rings. The van der Waals surface area contributed by atoms with Gasteiger partial charge in [-0.05, 0) is 67.7 Å². The van der Waals surface area contributed by atoms with Crippen molar-refractivity contribution < 1.29 is 4.79 Å². The van der Waals surface area contributed by atoms with E-state index in [0.29, 0.717) is 6.54 Å². The van der Waals surface area contributed by atoms with Gasteiger partial charge in [-0.2, -0.15) is 0 Å². The van der Waals surface area contributed by atoms with E-state index < -0.39 is 0 Å².